The van der Waals surface area contributed by atoms with Crippen molar-refractivity contribution in [2.24, 2.45) is 5.92 Å². The number of nitrogens with one attached hydrogen (secondary N) is 1. The SMILES string of the molecule is Cc1cc(Oc2ncccc2N2CCC2)ccc1C1C(C)C(=O)NC(=O)N1C. The molecule has 0 spiro atoms. The van der Waals surface area contributed by atoms with Gasteiger partial charge >= 0.3 is 6.03 Å². The average Bonchev–Trinajstić information content (AvgIpc) is 2.62. The zero-order valence-electron chi connectivity index (χ0n) is 16.3. The van der Waals surface area contributed by atoms with Crippen LogP contribution >= 0.6 is 0 Å². The molecule has 1 aromatic carbocycles. The fourth-order valence-electron chi connectivity index (χ4n) is 3.80. The van der Waals surface area contributed by atoms with E-state index in [0.29, 0.717) is 11.6 Å². The van der Waals surface area contributed by atoms with Crippen LogP contribution in [0.5, 0.6) is 11.6 Å². The van der Waals surface area contributed by atoms with E-state index in [0.717, 1.165) is 29.9 Å². The van der Waals surface area contributed by atoms with Gasteiger partial charge in [-0.05, 0) is 48.7 Å². The third-order valence-corrected chi connectivity index (χ3v) is 5.58. The summed E-state index contributed by atoms with van der Waals surface area (Å²) >= 11 is 0. The first-order valence-corrected chi connectivity index (χ1v) is 9.51. The number of hydrogen-bond donors (Lipinski definition) is 1. The molecule has 2 saturated heterocycles. The van der Waals surface area contributed by atoms with Crippen LogP contribution in [0.2, 0.25) is 0 Å². The molecule has 2 aliphatic rings. The second-order valence-electron chi connectivity index (χ2n) is 7.43. The van der Waals surface area contributed by atoms with Gasteiger partial charge in [0.15, 0.2) is 0 Å². The van der Waals surface area contributed by atoms with Gasteiger partial charge in [0.2, 0.25) is 11.8 Å². The molecule has 4 rings (SSSR count). The number of carbonyl (C=O) groups is 2. The van der Waals surface area contributed by atoms with E-state index in [1.54, 1.807) is 18.1 Å². The van der Waals surface area contributed by atoms with Gasteiger partial charge in [0.25, 0.3) is 0 Å². The van der Waals surface area contributed by atoms with Gasteiger partial charge in [-0.3, -0.25) is 10.1 Å². The second-order valence-corrected chi connectivity index (χ2v) is 7.43. The number of carbonyl (C=O) groups excluding carboxylic acids is 2. The van der Waals surface area contributed by atoms with E-state index >= 15 is 0 Å². The normalized spacial score (nSPS) is 22.0. The number of imide groups is 1. The number of amides is 3. The Labute approximate surface area is 164 Å². The first kappa shape index (κ1) is 18.3. The van der Waals surface area contributed by atoms with Crippen LogP contribution in [0.3, 0.4) is 0 Å². The van der Waals surface area contributed by atoms with E-state index in [9.17, 15) is 9.59 Å². The highest BCUT2D eigenvalue weighted by atomic mass is 16.5. The largest absolute Gasteiger partial charge is 0.437 e. The molecule has 28 heavy (non-hydrogen) atoms. The molecule has 7 heteroatoms. The molecule has 1 aromatic heterocycles. The monoisotopic (exact) mass is 380 g/mol. The Morgan fingerprint density at radius 3 is 2.68 bits per heavy atom. The van der Waals surface area contributed by atoms with E-state index in [1.165, 1.54) is 6.42 Å². The molecule has 2 atom stereocenters. The van der Waals surface area contributed by atoms with Crippen LogP contribution in [0.4, 0.5) is 10.5 Å². The van der Waals surface area contributed by atoms with Crippen LogP contribution in [0.15, 0.2) is 36.5 Å². The van der Waals surface area contributed by atoms with Crippen LogP contribution in [0.1, 0.15) is 30.5 Å². The van der Waals surface area contributed by atoms with Gasteiger partial charge in [-0.1, -0.05) is 13.0 Å². The number of urea groups is 1. The molecule has 0 radical (unpaired) electrons. The molecule has 146 valence electrons. The summed E-state index contributed by atoms with van der Waals surface area (Å²) in [4.78, 5) is 32.4. The van der Waals surface area contributed by atoms with E-state index in [-0.39, 0.29) is 23.9 Å². The highest BCUT2D eigenvalue weighted by Gasteiger charge is 2.38. The number of rotatable bonds is 4. The molecule has 7 nitrogen and oxygen atoms in total. The number of aryl methyl sites for hydroxylation is 1. The minimum Gasteiger partial charge on any atom is -0.437 e. The molecule has 1 N–H and O–H groups in total. The molecule has 2 fully saturated rings. The molecule has 2 aliphatic heterocycles. The third-order valence-electron chi connectivity index (χ3n) is 5.58. The number of nitrogens with zero attached hydrogens (tertiary/aromatic N) is 3. The Morgan fingerprint density at radius 1 is 1.21 bits per heavy atom. The minimum atomic E-state index is -0.375. The summed E-state index contributed by atoms with van der Waals surface area (Å²) in [7, 11) is 1.71. The van der Waals surface area contributed by atoms with E-state index in [2.05, 4.69) is 15.2 Å². The molecular formula is C21H24N4O3. The fraction of sp³-hybridized carbons (Fsp3) is 0.381. The van der Waals surface area contributed by atoms with Crippen LogP contribution in [-0.2, 0) is 4.79 Å². The molecule has 0 saturated carbocycles. The van der Waals surface area contributed by atoms with Crippen molar-refractivity contribution < 1.29 is 14.3 Å². The van der Waals surface area contributed by atoms with Crippen molar-refractivity contribution in [3.63, 3.8) is 0 Å². The zero-order valence-corrected chi connectivity index (χ0v) is 16.3. The van der Waals surface area contributed by atoms with Crippen molar-refractivity contribution in [2.45, 2.75) is 26.3 Å². The smallest absolute Gasteiger partial charge is 0.324 e. The van der Waals surface area contributed by atoms with Gasteiger partial charge in [0.05, 0.1) is 12.0 Å². The number of anilines is 1. The van der Waals surface area contributed by atoms with Crippen LogP contribution < -0.4 is 15.0 Å². The lowest BCUT2D eigenvalue weighted by Gasteiger charge is -2.37. The molecule has 2 unspecified atom stereocenters. The summed E-state index contributed by atoms with van der Waals surface area (Å²) in [5, 5.41) is 2.38. The summed E-state index contributed by atoms with van der Waals surface area (Å²) < 4.78 is 6.07. The number of hydrogen-bond acceptors (Lipinski definition) is 5. The second kappa shape index (κ2) is 7.14. The van der Waals surface area contributed by atoms with Crippen molar-refractivity contribution in [1.29, 1.82) is 0 Å². The maximum absolute atomic E-state index is 12.1. The predicted octanol–water partition coefficient (Wildman–Crippen LogP) is 3.25. The Kier molecular flexibility index (Phi) is 4.66. The van der Waals surface area contributed by atoms with Crippen molar-refractivity contribution in [2.75, 3.05) is 25.0 Å². The molecule has 3 heterocycles. The molecule has 0 aliphatic carbocycles. The summed E-state index contributed by atoms with van der Waals surface area (Å²) in [6, 6.07) is 8.99. The number of benzene rings is 1. The fourth-order valence-corrected chi connectivity index (χ4v) is 3.80. The van der Waals surface area contributed by atoms with E-state index in [4.69, 9.17) is 4.74 Å². The van der Waals surface area contributed by atoms with Gasteiger partial charge in [-0.25, -0.2) is 9.78 Å². The number of pyridine rings is 1. The van der Waals surface area contributed by atoms with Crippen molar-refractivity contribution >= 4 is 17.6 Å². The summed E-state index contributed by atoms with van der Waals surface area (Å²) in [6.07, 6.45) is 2.91. The van der Waals surface area contributed by atoms with Crippen molar-refractivity contribution in [3.8, 4) is 11.6 Å². The topological polar surface area (TPSA) is 74.8 Å². The first-order chi connectivity index (χ1) is 13.5. The van der Waals surface area contributed by atoms with Gasteiger partial charge in [0.1, 0.15) is 11.4 Å². The van der Waals surface area contributed by atoms with Crippen molar-refractivity contribution in [1.82, 2.24) is 15.2 Å². The Bertz CT molecular complexity index is 906. The van der Waals surface area contributed by atoms with Crippen LogP contribution in [-0.4, -0.2) is 42.0 Å². The molecule has 3 amide bonds. The van der Waals surface area contributed by atoms with Crippen molar-refractivity contribution in [3.05, 3.63) is 47.7 Å². The predicted molar refractivity (Wildman–Crippen MR) is 106 cm³/mol. The van der Waals surface area contributed by atoms with Crippen LogP contribution in [0.25, 0.3) is 0 Å². The lowest BCUT2D eigenvalue weighted by molar-refractivity contribution is -0.127. The molecule has 0 bridgehead atoms. The van der Waals surface area contributed by atoms with Gasteiger partial charge in [-0.2, -0.15) is 0 Å². The van der Waals surface area contributed by atoms with Gasteiger partial charge < -0.3 is 14.5 Å². The number of ether oxygens (including phenoxy) is 1. The number of aromatic nitrogens is 1. The quantitative estimate of drug-likeness (QED) is 0.881. The Morgan fingerprint density at radius 2 is 2.00 bits per heavy atom. The zero-order chi connectivity index (χ0) is 19.8. The summed E-state index contributed by atoms with van der Waals surface area (Å²) in [5.41, 5.74) is 2.90. The average molecular weight is 380 g/mol. The first-order valence-electron chi connectivity index (χ1n) is 9.51. The molecular weight excluding hydrogens is 356 g/mol. The highest BCUT2D eigenvalue weighted by Crippen LogP contribution is 2.36. The summed E-state index contributed by atoms with van der Waals surface area (Å²) in [5.74, 6) is 0.693. The Balaban J connectivity index is 1.60. The Hall–Kier alpha value is -3.09. The van der Waals surface area contributed by atoms with Gasteiger partial charge in [-0.15, -0.1) is 0 Å². The van der Waals surface area contributed by atoms with E-state index < -0.39 is 0 Å². The standard InChI is InChI=1S/C21H24N4O3/c1-13-12-15(28-20-17(6-4-9-22-20)25-10-5-11-25)7-8-16(13)18-14(2)19(26)23-21(27)24(18)3/h4,6-9,12,14,18H,5,10-11H2,1-3H3,(H,23,26,27). The van der Waals surface area contributed by atoms with E-state index in [1.807, 2.05) is 44.2 Å². The maximum atomic E-state index is 12.1. The lowest BCUT2D eigenvalue weighted by Crippen LogP contribution is -2.53. The molecule has 2 aromatic rings. The third kappa shape index (κ3) is 3.17. The highest BCUT2D eigenvalue weighted by molar-refractivity contribution is 5.98. The minimum absolute atomic E-state index is 0.250. The van der Waals surface area contributed by atoms with Crippen LogP contribution in [0, 0.1) is 12.8 Å². The van der Waals surface area contributed by atoms with Gasteiger partial charge in [0, 0.05) is 26.3 Å². The lowest BCUT2D eigenvalue weighted by atomic mass is 9.88. The summed E-state index contributed by atoms with van der Waals surface area (Å²) in [6.45, 7) is 5.83. The maximum Gasteiger partial charge on any atom is 0.324 e.